The van der Waals surface area contributed by atoms with Gasteiger partial charge in [-0.1, -0.05) is 15.9 Å². The summed E-state index contributed by atoms with van der Waals surface area (Å²) in [6, 6.07) is 3.44. The number of rotatable bonds is 3. The van der Waals surface area contributed by atoms with Crippen LogP contribution in [-0.4, -0.2) is 23.1 Å². The van der Waals surface area contributed by atoms with Crippen molar-refractivity contribution in [1.82, 2.24) is 5.32 Å². The second kappa shape index (κ2) is 6.47. The van der Waals surface area contributed by atoms with Crippen LogP contribution in [0.3, 0.4) is 0 Å². The number of anilines is 1. The molecule has 21 heavy (non-hydrogen) atoms. The monoisotopic (exact) mass is 354 g/mol. The zero-order valence-electron chi connectivity index (χ0n) is 12.1. The van der Waals surface area contributed by atoms with Crippen LogP contribution in [0.4, 0.5) is 10.5 Å². The van der Waals surface area contributed by atoms with Gasteiger partial charge in [-0.2, -0.15) is 0 Å². The molecule has 2 amide bonds. The Morgan fingerprint density at radius 3 is 2.38 bits per heavy atom. The van der Waals surface area contributed by atoms with Gasteiger partial charge in [-0.15, -0.1) is 0 Å². The highest BCUT2D eigenvalue weighted by atomic mass is 79.9. The van der Waals surface area contributed by atoms with Crippen molar-refractivity contribution >= 4 is 33.6 Å². The molecular weight excluding hydrogens is 336 g/mol. The Morgan fingerprint density at radius 1 is 1.24 bits per heavy atom. The molecule has 2 unspecified atom stereocenters. The quantitative estimate of drug-likeness (QED) is 0.777. The minimum Gasteiger partial charge on any atom is -0.481 e. The number of carbonyl (C=O) groups is 2. The molecule has 1 aromatic rings. The number of carboxylic acid groups (broad SMARTS) is 1. The highest BCUT2D eigenvalue weighted by Gasteiger charge is 2.30. The lowest BCUT2D eigenvalue weighted by atomic mass is 10.1. The van der Waals surface area contributed by atoms with Crippen LogP contribution in [0.15, 0.2) is 16.6 Å². The first-order valence-electron chi connectivity index (χ1n) is 6.94. The van der Waals surface area contributed by atoms with E-state index in [0.29, 0.717) is 19.3 Å². The van der Waals surface area contributed by atoms with Gasteiger partial charge in [0.1, 0.15) is 0 Å². The predicted molar refractivity (Wildman–Crippen MR) is 84.5 cm³/mol. The first kappa shape index (κ1) is 15.8. The average molecular weight is 355 g/mol. The molecular formula is C15H19BrN2O3. The van der Waals surface area contributed by atoms with Crippen LogP contribution in [0.5, 0.6) is 0 Å². The van der Waals surface area contributed by atoms with Crippen LogP contribution in [0.2, 0.25) is 0 Å². The van der Waals surface area contributed by atoms with Gasteiger partial charge in [0.2, 0.25) is 0 Å². The fourth-order valence-corrected chi connectivity index (χ4v) is 2.94. The van der Waals surface area contributed by atoms with Crippen LogP contribution < -0.4 is 10.6 Å². The normalized spacial score (nSPS) is 21.1. The smallest absolute Gasteiger partial charge is 0.319 e. The Labute approximate surface area is 132 Å². The van der Waals surface area contributed by atoms with E-state index in [9.17, 15) is 9.59 Å². The molecule has 114 valence electrons. The number of hydrogen-bond donors (Lipinski definition) is 3. The Hall–Kier alpha value is -1.56. The molecule has 0 radical (unpaired) electrons. The van der Waals surface area contributed by atoms with Crippen molar-refractivity contribution in [2.75, 3.05) is 5.32 Å². The number of halogens is 1. The van der Waals surface area contributed by atoms with E-state index in [-0.39, 0.29) is 18.0 Å². The summed E-state index contributed by atoms with van der Waals surface area (Å²) in [5.41, 5.74) is 2.84. The topological polar surface area (TPSA) is 78.4 Å². The predicted octanol–water partition coefficient (Wildman–Crippen LogP) is 3.44. The van der Waals surface area contributed by atoms with Crippen molar-refractivity contribution in [2.45, 2.75) is 39.2 Å². The van der Waals surface area contributed by atoms with E-state index in [1.807, 2.05) is 26.0 Å². The molecule has 0 aliphatic heterocycles. The molecule has 1 aliphatic rings. The lowest BCUT2D eigenvalue weighted by molar-refractivity contribution is -0.141. The number of amides is 2. The zero-order valence-corrected chi connectivity index (χ0v) is 13.7. The largest absolute Gasteiger partial charge is 0.481 e. The molecule has 1 aliphatic carbocycles. The van der Waals surface area contributed by atoms with E-state index in [0.717, 1.165) is 21.3 Å². The standard InChI is InChI=1S/C15H19BrN2O3/c1-8-5-12(6-9(2)13(8)16)18-15(21)17-11-4-3-10(7-11)14(19)20/h5-6,10-11H,3-4,7H2,1-2H3,(H,19,20)(H2,17,18,21). The van der Waals surface area contributed by atoms with E-state index in [4.69, 9.17) is 5.11 Å². The summed E-state index contributed by atoms with van der Waals surface area (Å²) in [4.78, 5) is 22.9. The maximum Gasteiger partial charge on any atom is 0.319 e. The SMILES string of the molecule is Cc1cc(NC(=O)NC2CCC(C(=O)O)C2)cc(C)c1Br. The molecule has 0 aromatic heterocycles. The minimum absolute atomic E-state index is 0.0660. The Kier molecular flexibility index (Phi) is 4.88. The summed E-state index contributed by atoms with van der Waals surface area (Å²) in [5.74, 6) is -1.12. The molecule has 0 heterocycles. The maximum atomic E-state index is 12.0. The van der Waals surface area contributed by atoms with Crippen LogP contribution in [-0.2, 0) is 4.79 Å². The highest BCUT2D eigenvalue weighted by Crippen LogP contribution is 2.27. The summed E-state index contributed by atoms with van der Waals surface area (Å²) in [6.07, 6.45) is 1.83. The third-order valence-corrected chi connectivity index (χ3v) is 5.06. The molecule has 3 N–H and O–H groups in total. The van der Waals surface area contributed by atoms with Crippen molar-refractivity contribution in [3.63, 3.8) is 0 Å². The van der Waals surface area contributed by atoms with Crippen molar-refractivity contribution in [1.29, 1.82) is 0 Å². The number of nitrogens with one attached hydrogen (secondary N) is 2. The first-order chi connectivity index (χ1) is 9.86. The van der Waals surface area contributed by atoms with Gasteiger partial charge < -0.3 is 15.7 Å². The second-order valence-corrected chi connectivity index (χ2v) is 6.36. The van der Waals surface area contributed by atoms with Gasteiger partial charge in [0.25, 0.3) is 0 Å². The van der Waals surface area contributed by atoms with E-state index in [1.54, 1.807) is 0 Å². The summed E-state index contributed by atoms with van der Waals surface area (Å²) in [7, 11) is 0. The molecule has 0 saturated heterocycles. The third kappa shape index (κ3) is 3.97. The Bertz CT molecular complexity index is 551. The maximum absolute atomic E-state index is 12.0. The van der Waals surface area contributed by atoms with Gasteiger partial charge in [0, 0.05) is 16.2 Å². The fraction of sp³-hybridized carbons (Fsp3) is 0.467. The van der Waals surface area contributed by atoms with E-state index in [1.165, 1.54) is 0 Å². The summed E-state index contributed by atoms with van der Waals surface area (Å²) >= 11 is 3.49. The zero-order chi connectivity index (χ0) is 15.6. The summed E-state index contributed by atoms with van der Waals surface area (Å²) in [6.45, 7) is 3.93. The van der Waals surface area contributed by atoms with Crippen molar-refractivity contribution in [3.8, 4) is 0 Å². The number of aliphatic carboxylic acids is 1. The number of urea groups is 1. The lowest BCUT2D eigenvalue weighted by Crippen LogP contribution is -2.36. The van der Waals surface area contributed by atoms with E-state index >= 15 is 0 Å². The minimum atomic E-state index is -0.779. The molecule has 5 nitrogen and oxygen atoms in total. The van der Waals surface area contributed by atoms with Gasteiger partial charge in [0.05, 0.1) is 5.92 Å². The molecule has 2 rings (SSSR count). The van der Waals surface area contributed by atoms with Gasteiger partial charge in [-0.25, -0.2) is 4.79 Å². The molecule has 1 aromatic carbocycles. The number of carbonyl (C=O) groups excluding carboxylic acids is 1. The molecule has 2 atom stereocenters. The first-order valence-corrected chi connectivity index (χ1v) is 7.73. The average Bonchev–Trinajstić information content (AvgIpc) is 2.84. The van der Waals surface area contributed by atoms with Crippen LogP contribution in [0.25, 0.3) is 0 Å². The third-order valence-electron chi connectivity index (χ3n) is 3.81. The fourth-order valence-electron chi connectivity index (χ4n) is 2.71. The van der Waals surface area contributed by atoms with E-state index < -0.39 is 5.97 Å². The molecule has 0 spiro atoms. The Morgan fingerprint density at radius 2 is 1.86 bits per heavy atom. The molecule has 1 fully saturated rings. The van der Waals surface area contributed by atoms with Gasteiger partial charge in [-0.05, 0) is 56.4 Å². The second-order valence-electron chi connectivity index (χ2n) is 5.57. The van der Waals surface area contributed by atoms with Crippen molar-refractivity contribution in [3.05, 3.63) is 27.7 Å². The van der Waals surface area contributed by atoms with Crippen molar-refractivity contribution < 1.29 is 14.7 Å². The number of hydrogen-bond acceptors (Lipinski definition) is 2. The Balaban J connectivity index is 1.92. The van der Waals surface area contributed by atoms with Gasteiger partial charge >= 0.3 is 12.0 Å². The molecule has 0 bridgehead atoms. The van der Waals surface area contributed by atoms with E-state index in [2.05, 4.69) is 26.6 Å². The number of carboxylic acids is 1. The van der Waals surface area contributed by atoms with Gasteiger partial charge in [-0.3, -0.25) is 4.79 Å². The molecule has 6 heteroatoms. The molecule has 1 saturated carbocycles. The number of benzene rings is 1. The van der Waals surface area contributed by atoms with Crippen LogP contribution in [0.1, 0.15) is 30.4 Å². The van der Waals surface area contributed by atoms with Crippen molar-refractivity contribution in [2.24, 2.45) is 5.92 Å². The lowest BCUT2D eigenvalue weighted by Gasteiger charge is -2.14. The summed E-state index contributed by atoms with van der Waals surface area (Å²) in [5, 5.41) is 14.6. The summed E-state index contributed by atoms with van der Waals surface area (Å²) < 4.78 is 1.04. The van der Waals surface area contributed by atoms with Crippen LogP contribution in [0, 0.1) is 19.8 Å². The highest BCUT2D eigenvalue weighted by molar-refractivity contribution is 9.10. The van der Waals surface area contributed by atoms with Crippen LogP contribution >= 0.6 is 15.9 Å². The van der Waals surface area contributed by atoms with Gasteiger partial charge in [0.15, 0.2) is 0 Å². The number of aryl methyl sites for hydroxylation is 2.